The molecule has 5 heteroatoms. The summed E-state index contributed by atoms with van der Waals surface area (Å²) in [6.45, 7) is 4.00. The zero-order valence-electron chi connectivity index (χ0n) is 15.7. The van der Waals surface area contributed by atoms with Crippen molar-refractivity contribution < 1.29 is 18.7 Å². The number of benzene rings is 2. The van der Waals surface area contributed by atoms with Gasteiger partial charge in [-0.1, -0.05) is 36.8 Å². The molecule has 0 unspecified atom stereocenters. The number of esters is 1. The Hall–Kier alpha value is -3.08. The van der Waals surface area contributed by atoms with Gasteiger partial charge in [0.15, 0.2) is 0 Å². The van der Waals surface area contributed by atoms with Crippen molar-refractivity contribution in [3.8, 4) is 5.75 Å². The molecule has 0 aliphatic rings. The molecule has 2 aromatic carbocycles. The van der Waals surface area contributed by atoms with Crippen LogP contribution in [0.15, 0.2) is 51.7 Å². The summed E-state index contributed by atoms with van der Waals surface area (Å²) in [4.78, 5) is 24.1. The number of fused-ring (bicyclic) bond motifs is 1. The topological polar surface area (TPSA) is 65.7 Å². The normalized spacial score (nSPS) is 10.8. The van der Waals surface area contributed by atoms with Gasteiger partial charge in [0.1, 0.15) is 17.9 Å². The molecule has 27 heavy (non-hydrogen) atoms. The van der Waals surface area contributed by atoms with E-state index in [4.69, 9.17) is 13.9 Å². The van der Waals surface area contributed by atoms with Crippen LogP contribution in [0.25, 0.3) is 11.0 Å². The summed E-state index contributed by atoms with van der Waals surface area (Å²) in [5.74, 6) is 0.265. The Morgan fingerprint density at radius 3 is 2.63 bits per heavy atom. The quantitative estimate of drug-likeness (QED) is 0.488. The third-order valence-electron chi connectivity index (χ3n) is 4.46. The molecule has 0 aliphatic carbocycles. The Morgan fingerprint density at radius 2 is 1.89 bits per heavy atom. The smallest absolute Gasteiger partial charge is 0.336 e. The molecule has 1 aromatic heterocycles. The Bertz CT molecular complexity index is 1030. The molecule has 5 nitrogen and oxygen atoms in total. The first-order valence-corrected chi connectivity index (χ1v) is 8.85. The molecule has 0 N–H and O–H groups in total. The second kappa shape index (κ2) is 8.08. The van der Waals surface area contributed by atoms with E-state index in [1.807, 2.05) is 50.2 Å². The molecule has 3 rings (SSSR count). The average Bonchev–Trinajstić information content (AvgIpc) is 2.65. The fraction of sp³-hybridized carbons (Fsp3) is 0.273. The summed E-state index contributed by atoms with van der Waals surface area (Å²) in [6, 6.07) is 12.7. The highest BCUT2D eigenvalue weighted by Gasteiger charge is 2.13. The van der Waals surface area contributed by atoms with Crippen molar-refractivity contribution in [1.29, 1.82) is 0 Å². The van der Waals surface area contributed by atoms with Crippen LogP contribution >= 0.6 is 0 Å². The van der Waals surface area contributed by atoms with Gasteiger partial charge in [0.25, 0.3) is 0 Å². The van der Waals surface area contributed by atoms with Gasteiger partial charge in [-0.05, 0) is 31.0 Å². The average molecular weight is 366 g/mol. The highest BCUT2D eigenvalue weighted by Crippen LogP contribution is 2.22. The number of methoxy groups -OCH3 is 1. The zero-order chi connectivity index (χ0) is 19.4. The van der Waals surface area contributed by atoms with Crippen molar-refractivity contribution in [3.63, 3.8) is 0 Å². The third-order valence-corrected chi connectivity index (χ3v) is 4.46. The van der Waals surface area contributed by atoms with Gasteiger partial charge in [0, 0.05) is 22.6 Å². The number of hydrogen-bond donors (Lipinski definition) is 0. The van der Waals surface area contributed by atoms with Gasteiger partial charge in [-0.2, -0.15) is 0 Å². The SMILES string of the molecule is CCc1ccc2c(COC(=O)Cc3cc(C)ccc3OC)cc(=O)oc2c1. The summed E-state index contributed by atoms with van der Waals surface area (Å²) < 4.78 is 16.0. The Kier molecular flexibility index (Phi) is 5.60. The van der Waals surface area contributed by atoms with E-state index in [1.165, 1.54) is 6.07 Å². The van der Waals surface area contributed by atoms with Gasteiger partial charge < -0.3 is 13.9 Å². The molecule has 0 saturated carbocycles. The first kappa shape index (κ1) is 18.7. The van der Waals surface area contributed by atoms with Gasteiger partial charge >= 0.3 is 11.6 Å². The molecule has 0 aliphatic heterocycles. The van der Waals surface area contributed by atoms with Crippen molar-refractivity contribution in [3.05, 3.63) is 75.1 Å². The lowest BCUT2D eigenvalue weighted by Gasteiger charge is -2.11. The maximum absolute atomic E-state index is 12.3. The lowest BCUT2D eigenvalue weighted by Crippen LogP contribution is -2.10. The van der Waals surface area contributed by atoms with Gasteiger partial charge in [0.2, 0.25) is 0 Å². The minimum absolute atomic E-state index is 0.0144. The highest BCUT2D eigenvalue weighted by atomic mass is 16.5. The van der Waals surface area contributed by atoms with E-state index in [0.29, 0.717) is 16.9 Å². The van der Waals surface area contributed by atoms with Crippen LogP contribution in [0.3, 0.4) is 0 Å². The minimum atomic E-state index is -0.456. The molecule has 0 atom stereocenters. The van der Waals surface area contributed by atoms with Crippen molar-refractivity contribution >= 4 is 16.9 Å². The van der Waals surface area contributed by atoms with Crippen molar-refractivity contribution in [2.24, 2.45) is 0 Å². The van der Waals surface area contributed by atoms with Crippen LogP contribution in [0, 0.1) is 6.92 Å². The van der Waals surface area contributed by atoms with Crippen LogP contribution in [-0.2, 0) is 29.0 Å². The Morgan fingerprint density at radius 1 is 1.07 bits per heavy atom. The second-order valence-electron chi connectivity index (χ2n) is 6.43. The van der Waals surface area contributed by atoms with E-state index in [0.717, 1.165) is 28.5 Å². The first-order chi connectivity index (χ1) is 13.0. The van der Waals surface area contributed by atoms with Crippen LogP contribution in [0.1, 0.15) is 29.2 Å². The van der Waals surface area contributed by atoms with E-state index in [1.54, 1.807) is 7.11 Å². The third kappa shape index (κ3) is 4.37. The number of aryl methyl sites for hydroxylation is 2. The van der Waals surface area contributed by atoms with Gasteiger partial charge in [-0.3, -0.25) is 4.79 Å². The van der Waals surface area contributed by atoms with Crippen LogP contribution in [0.2, 0.25) is 0 Å². The Balaban J connectivity index is 1.78. The lowest BCUT2D eigenvalue weighted by molar-refractivity contribution is -0.144. The second-order valence-corrected chi connectivity index (χ2v) is 6.43. The Labute approximate surface area is 157 Å². The van der Waals surface area contributed by atoms with E-state index >= 15 is 0 Å². The van der Waals surface area contributed by atoms with E-state index in [-0.39, 0.29) is 19.0 Å². The molecule has 0 spiro atoms. The van der Waals surface area contributed by atoms with E-state index in [9.17, 15) is 9.59 Å². The molecule has 140 valence electrons. The number of carbonyl (C=O) groups is 1. The zero-order valence-corrected chi connectivity index (χ0v) is 15.7. The highest BCUT2D eigenvalue weighted by molar-refractivity contribution is 5.81. The lowest BCUT2D eigenvalue weighted by atomic mass is 10.1. The molecular weight excluding hydrogens is 344 g/mol. The van der Waals surface area contributed by atoms with E-state index in [2.05, 4.69) is 0 Å². The predicted molar refractivity (Wildman–Crippen MR) is 103 cm³/mol. The molecule has 1 heterocycles. The van der Waals surface area contributed by atoms with Crippen molar-refractivity contribution in [1.82, 2.24) is 0 Å². The van der Waals surface area contributed by atoms with Gasteiger partial charge in [-0.25, -0.2) is 4.79 Å². The molecule has 0 radical (unpaired) electrons. The van der Waals surface area contributed by atoms with Crippen LogP contribution < -0.4 is 10.4 Å². The molecule has 0 bridgehead atoms. The fourth-order valence-electron chi connectivity index (χ4n) is 3.02. The van der Waals surface area contributed by atoms with E-state index < -0.39 is 5.63 Å². The van der Waals surface area contributed by atoms with Crippen molar-refractivity contribution in [2.75, 3.05) is 7.11 Å². The summed E-state index contributed by atoms with van der Waals surface area (Å²) in [5, 5.41) is 0.771. The molecular formula is C22H22O5. The molecule has 0 amide bonds. The fourth-order valence-corrected chi connectivity index (χ4v) is 3.02. The predicted octanol–water partition coefficient (Wildman–Crippen LogP) is 3.96. The minimum Gasteiger partial charge on any atom is -0.496 e. The number of hydrogen-bond acceptors (Lipinski definition) is 5. The van der Waals surface area contributed by atoms with Crippen LogP contribution in [0.5, 0.6) is 5.75 Å². The summed E-state index contributed by atoms with van der Waals surface area (Å²) in [5.41, 5.74) is 3.57. The maximum Gasteiger partial charge on any atom is 0.336 e. The molecule has 3 aromatic rings. The van der Waals surface area contributed by atoms with Gasteiger partial charge in [0.05, 0.1) is 13.5 Å². The molecule has 0 fully saturated rings. The number of ether oxygens (including phenoxy) is 2. The number of rotatable bonds is 6. The van der Waals surface area contributed by atoms with Crippen LogP contribution in [-0.4, -0.2) is 13.1 Å². The van der Waals surface area contributed by atoms with Crippen molar-refractivity contribution in [2.45, 2.75) is 33.3 Å². The van der Waals surface area contributed by atoms with Crippen LogP contribution in [0.4, 0.5) is 0 Å². The van der Waals surface area contributed by atoms with Gasteiger partial charge in [-0.15, -0.1) is 0 Å². The summed E-state index contributed by atoms with van der Waals surface area (Å²) in [6.07, 6.45) is 0.946. The largest absolute Gasteiger partial charge is 0.496 e. The number of carbonyl (C=O) groups excluding carboxylic acids is 1. The maximum atomic E-state index is 12.3. The first-order valence-electron chi connectivity index (χ1n) is 8.85. The summed E-state index contributed by atoms with van der Waals surface area (Å²) >= 11 is 0. The standard InChI is InChI=1S/C22H22O5/c1-4-15-6-7-18-17(12-22(24)27-20(18)10-15)13-26-21(23)11-16-9-14(2)5-8-19(16)25-3/h5-10,12H,4,11,13H2,1-3H3. The monoisotopic (exact) mass is 366 g/mol. The molecule has 0 saturated heterocycles. The summed E-state index contributed by atoms with van der Waals surface area (Å²) in [7, 11) is 1.57.